The zero-order valence-corrected chi connectivity index (χ0v) is 9.42. The molecule has 0 aliphatic carbocycles. The van der Waals surface area contributed by atoms with Crippen molar-refractivity contribution >= 4 is 0 Å². The van der Waals surface area contributed by atoms with Crippen molar-refractivity contribution in [2.24, 2.45) is 11.5 Å². The van der Waals surface area contributed by atoms with Gasteiger partial charge in [0, 0.05) is 12.8 Å². The Kier molecular flexibility index (Phi) is 6.29. The van der Waals surface area contributed by atoms with E-state index in [-0.39, 0.29) is 0 Å². The Morgan fingerprint density at radius 2 is 1.62 bits per heavy atom. The minimum atomic E-state index is 0.690. The second-order valence-corrected chi connectivity index (χ2v) is 4.42. The second-order valence-electron chi connectivity index (χ2n) is 4.42. The van der Waals surface area contributed by atoms with E-state index >= 15 is 0 Å². The Labute approximate surface area is 82.7 Å². The van der Waals surface area contributed by atoms with Crippen LogP contribution in [-0.2, 0) is 0 Å². The average Bonchev–Trinajstić information content (AvgIpc) is 2.10. The van der Waals surface area contributed by atoms with E-state index in [0.29, 0.717) is 6.04 Å². The lowest BCUT2D eigenvalue weighted by molar-refractivity contribution is -0.913. The Morgan fingerprint density at radius 3 is 2.08 bits per heavy atom. The molecule has 0 aromatic carbocycles. The monoisotopic (exact) mass is 188 g/mol. The van der Waals surface area contributed by atoms with Gasteiger partial charge < -0.3 is 16.0 Å². The van der Waals surface area contributed by atoms with Gasteiger partial charge in [-0.15, -0.1) is 0 Å². The summed E-state index contributed by atoms with van der Waals surface area (Å²) >= 11 is 0. The molecule has 0 fully saturated rings. The van der Waals surface area contributed by atoms with Crippen LogP contribution in [0.4, 0.5) is 0 Å². The fourth-order valence-corrected chi connectivity index (χ4v) is 1.48. The maximum atomic E-state index is 5.51. The number of nitrogens with two attached hydrogens (primary N) is 2. The molecule has 80 valence electrons. The van der Waals surface area contributed by atoms with E-state index < -0.39 is 0 Å². The molecule has 0 heterocycles. The summed E-state index contributed by atoms with van der Waals surface area (Å²) < 4.78 is 1.07. The highest BCUT2D eigenvalue weighted by molar-refractivity contribution is 4.53. The van der Waals surface area contributed by atoms with Crippen LogP contribution < -0.4 is 11.5 Å². The zero-order valence-electron chi connectivity index (χ0n) is 9.42. The fraction of sp³-hybridized carbons (Fsp3) is 1.00. The number of quaternary nitrogens is 1. The van der Waals surface area contributed by atoms with E-state index in [1.54, 1.807) is 0 Å². The van der Waals surface area contributed by atoms with Crippen LogP contribution in [0.25, 0.3) is 0 Å². The Morgan fingerprint density at radius 1 is 1.08 bits per heavy atom. The van der Waals surface area contributed by atoms with Gasteiger partial charge in [-0.3, -0.25) is 0 Å². The molecular weight excluding hydrogens is 162 g/mol. The highest BCUT2D eigenvalue weighted by Gasteiger charge is 2.22. The van der Waals surface area contributed by atoms with E-state index in [0.717, 1.165) is 30.4 Å². The summed E-state index contributed by atoms with van der Waals surface area (Å²) in [5, 5.41) is 0. The standard InChI is InChI=1S/C10H26N3/c1-10(6-4-7-11)13(2,3)9-5-8-12/h10H,4-9,11-12H2,1-3H3/q+1. The van der Waals surface area contributed by atoms with Crippen LogP contribution in [0, 0.1) is 0 Å². The number of hydrogen-bond acceptors (Lipinski definition) is 2. The predicted molar refractivity (Wildman–Crippen MR) is 58.4 cm³/mol. The maximum Gasteiger partial charge on any atom is 0.0858 e. The number of rotatable bonds is 7. The smallest absolute Gasteiger partial charge is 0.0858 e. The van der Waals surface area contributed by atoms with Gasteiger partial charge in [-0.05, 0) is 26.4 Å². The number of hydrogen-bond donors (Lipinski definition) is 2. The van der Waals surface area contributed by atoms with Gasteiger partial charge in [0.1, 0.15) is 0 Å². The van der Waals surface area contributed by atoms with Gasteiger partial charge >= 0.3 is 0 Å². The normalized spacial score (nSPS) is 14.5. The first kappa shape index (κ1) is 12.9. The number of nitrogens with zero attached hydrogens (tertiary/aromatic N) is 1. The summed E-state index contributed by atoms with van der Waals surface area (Å²) in [7, 11) is 4.55. The molecule has 0 aromatic rings. The zero-order chi connectivity index (χ0) is 10.3. The van der Waals surface area contributed by atoms with Crippen LogP contribution in [0.5, 0.6) is 0 Å². The summed E-state index contributed by atoms with van der Waals surface area (Å²) in [5.74, 6) is 0. The molecule has 0 saturated heterocycles. The van der Waals surface area contributed by atoms with E-state index in [1.165, 1.54) is 13.0 Å². The van der Waals surface area contributed by atoms with Gasteiger partial charge in [-0.25, -0.2) is 0 Å². The largest absolute Gasteiger partial charge is 0.330 e. The lowest BCUT2D eigenvalue weighted by Crippen LogP contribution is -2.48. The van der Waals surface area contributed by atoms with Crippen molar-refractivity contribution in [2.75, 3.05) is 33.7 Å². The quantitative estimate of drug-likeness (QED) is 0.573. The van der Waals surface area contributed by atoms with Crippen molar-refractivity contribution in [1.82, 2.24) is 0 Å². The van der Waals surface area contributed by atoms with Gasteiger partial charge in [0.15, 0.2) is 0 Å². The molecule has 0 aromatic heterocycles. The molecule has 0 aliphatic rings. The molecule has 3 heteroatoms. The van der Waals surface area contributed by atoms with Crippen molar-refractivity contribution in [1.29, 1.82) is 0 Å². The molecular formula is C10H26N3+. The molecule has 1 atom stereocenters. The molecule has 0 radical (unpaired) electrons. The SMILES string of the molecule is CC(CCCN)[N+](C)(C)CCCN. The van der Waals surface area contributed by atoms with Crippen molar-refractivity contribution in [3.63, 3.8) is 0 Å². The molecule has 13 heavy (non-hydrogen) atoms. The van der Waals surface area contributed by atoms with Crippen molar-refractivity contribution in [3.8, 4) is 0 Å². The third kappa shape index (κ3) is 5.24. The average molecular weight is 188 g/mol. The summed E-state index contributed by atoms with van der Waals surface area (Å²) in [4.78, 5) is 0. The first-order valence-electron chi connectivity index (χ1n) is 5.27. The minimum Gasteiger partial charge on any atom is -0.330 e. The molecule has 3 nitrogen and oxygen atoms in total. The lowest BCUT2D eigenvalue weighted by atomic mass is 10.1. The highest BCUT2D eigenvalue weighted by Crippen LogP contribution is 2.12. The third-order valence-electron chi connectivity index (χ3n) is 2.96. The topological polar surface area (TPSA) is 52.0 Å². The molecule has 0 spiro atoms. The summed E-state index contributed by atoms with van der Waals surface area (Å²) in [6, 6.07) is 0.690. The first-order valence-corrected chi connectivity index (χ1v) is 5.27. The third-order valence-corrected chi connectivity index (χ3v) is 2.96. The van der Waals surface area contributed by atoms with Crippen LogP contribution in [0.15, 0.2) is 0 Å². The predicted octanol–water partition coefficient (Wildman–Crippen LogP) is 0.539. The van der Waals surface area contributed by atoms with E-state index in [1.807, 2.05) is 0 Å². The summed E-state index contributed by atoms with van der Waals surface area (Å²) in [5.41, 5.74) is 11.0. The van der Waals surface area contributed by atoms with Crippen LogP contribution in [0.3, 0.4) is 0 Å². The maximum absolute atomic E-state index is 5.51. The minimum absolute atomic E-state index is 0.690. The van der Waals surface area contributed by atoms with E-state index in [9.17, 15) is 0 Å². The molecule has 0 rings (SSSR count). The first-order chi connectivity index (χ1) is 6.04. The molecule has 0 aliphatic heterocycles. The van der Waals surface area contributed by atoms with Crippen LogP contribution >= 0.6 is 0 Å². The molecule has 0 saturated carbocycles. The Balaban J connectivity index is 3.80. The Bertz CT molecular complexity index is 123. The second kappa shape index (κ2) is 6.35. The van der Waals surface area contributed by atoms with E-state index in [4.69, 9.17) is 11.5 Å². The van der Waals surface area contributed by atoms with Crippen molar-refractivity contribution in [2.45, 2.75) is 32.2 Å². The fourth-order valence-electron chi connectivity index (χ4n) is 1.48. The van der Waals surface area contributed by atoms with Gasteiger partial charge in [-0.2, -0.15) is 0 Å². The van der Waals surface area contributed by atoms with Gasteiger partial charge in [-0.1, -0.05) is 0 Å². The van der Waals surface area contributed by atoms with Crippen molar-refractivity contribution < 1.29 is 4.48 Å². The molecule has 1 unspecified atom stereocenters. The van der Waals surface area contributed by atoms with Gasteiger partial charge in [0.05, 0.1) is 26.7 Å². The van der Waals surface area contributed by atoms with Gasteiger partial charge in [0.2, 0.25) is 0 Å². The Hall–Kier alpha value is -0.120. The summed E-state index contributed by atoms with van der Waals surface area (Å²) in [6.07, 6.45) is 3.46. The van der Waals surface area contributed by atoms with Crippen molar-refractivity contribution in [3.05, 3.63) is 0 Å². The molecule has 0 amide bonds. The van der Waals surface area contributed by atoms with E-state index in [2.05, 4.69) is 21.0 Å². The highest BCUT2D eigenvalue weighted by atomic mass is 15.3. The van der Waals surface area contributed by atoms with Crippen LogP contribution in [0.1, 0.15) is 26.2 Å². The van der Waals surface area contributed by atoms with Crippen LogP contribution in [0.2, 0.25) is 0 Å². The van der Waals surface area contributed by atoms with Crippen LogP contribution in [-0.4, -0.2) is 44.3 Å². The lowest BCUT2D eigenvalue weighted by Gasteiger charge is -2.36. The van der Waals surface area contributed by atoms with Gasteiger partial charge in [0.25, 0.3) is 0 Å². The molecule has 4 N–H and O–H groups in total. The summed E-state index contributed by atoms with van der Waals surface area (Å²) in [6.45, 7) is 5.07. The molecule has 0 bridgehead atoms.